The van der Waals surface area contributed by atoms with Gasteiger partial charge in [-0.1, -0.05) is 0 Å². The molecule has 18 heavy (non-hydrogen) atoms. The minimum atomic E-state index is -0.520. The van der Waals surface area contributed by atoms with Gasteiger partial charge in [-0.2, -0.15) is 0 Å². The molecule has 0 atom stereocenters. The van der Waals surface area contributed by atoms with Gasteiger partial charge in [0.05, 0.1) is 12.1 Å². The molecule has 98 valence electrons. The molecule has 0 aliphatic heterocycles. The summed E-state index contributed by atoms with van der Waals surface area (Å²) in [5, 5.41) is 2.91. The van der Waals surface area contributed by atoms with Crippen LogP contribution >= 0.6 is 0 Å². The average molecular weight is 250 g/mol. The van der Waals surface area contributed by atoms with E-state index in [2.05, 4.69) is 10.3 Å². The fourth-order valence-corrected chi connectivity index (χ4v) is 1.50. The van der Waals surface area contributed by atoms with E-state index in [-0.39, 0.29) is 12.5 Å². The van der Waals surface area contributed by atoms with Crippen LogP contribution in [0.1, 0.15) is 24.2 Å². The number of carbonyl (C=O) groups is 2. The van der Waals surface area contributed by atoms with Crippen LogP contribution in [0.25, 0.3) is 0 Å². The van der Waals surface area contributed by atoms with Gasteiger partial charge in [-0.25, -0.2) is 4.98 Å². The summed E-state index contributed by atoms with van der Waals surface area (Å²) in [6.07, 6.45) is 1.38. The summed E-state index contributed by atoms with van der Waals surface area (Å²) in [6.45, 7) is 5.42. The van der Waals surface area contributed by atoms with Crippen molar-refractivity contribution in [3.63, 3.8) is 0 Å². The molecule has 2 amide bonds. The Morgan fingerprint density at radius 1 is 1.33 bits per heavy atom. The zero-order valence-electron chi connectivity index (χ0n) is 10.6. The normalized spacial score (nSPS) is 9.89. The van der Waals surface area contributed by atoms with Crippen LogP contribution < -0.4 is 11.1 Å². The second-order valence-corrected chi connectivity index (χ2v) is 3.72. The minimum absolute atomic E-state index is 0.0146. The maximum Gasteiger partial charge on any atom is 0.250 e. The molecular formula is C12H18N4O2. The number of rotatable bonds is 6. The van der Waals surface area contributed by atoms with E-state index in [4.69, 9.17) is 5.73 Å². The Morgan fingerprint density at radius 2 is 2.00 bits per heavy atom. The molecule has 0 fully saturated rings. The van der Waals surface area contributed by atoms with E-state index in [1.807, 2.05) is 13.8 Å². The molecule has 0 saturated heterocycles. The Kier molecular flexibility index (Phi) is 5.10. The van der Waals surface area contributed by atoms with Gasteiger partial charge >= 0.3 is 0 Å². The number of hydrogen-bond donors (Lipinski definition) is 2. The molecule has 0 aromatic carbocycles. The molecule has 6 heteroatoms. The third-order valence-corrected chi connectivity index (χ3v) is 2.58. The van der Waals surface area contributed by atoms with Gasteiger partial charge in [-0.05, 0) is 26.0 Å². The lowest BCUT2D eigenvalue weighted by molar-refractivity contribution is -0.128. The second kappa shape index (κ2) is 6.58. The van der Waals surface area contributed by atoms with Crippen LogP contribution in [0.5, 0.6) is 0 Å². The van der Waals surface area contributed by atoms with Gasteiger partial charge in [0, 0.05) is 19.3 Å². The first kappa shape index (κ1) is 14.0. The number of primary amides is 1. The molecule has 0 unspecified atom stereocenters. The third-order valence-electron chi connectivity index (χ3n) is 2.58. The number of likely N-dealkylation sites (N-methyl/N-ethyl adjacent to an activating group) is 1. The Bertz CT molecular complexity index is 413. The van der Waals surface area contributed by atoms with Crippen LogP contribution in [0.15, 0.2) is 18.3 Å². The molecule has 0 aliphatic rings. The molecule has 1 heterocycles. The number of aromatic nitrogens is 1. The van der Waals surface area contributed by atoms with Crippen LogP contribution in [0.4, 0.5) is 5.82 Å². The van der Waals surface area contributed by atoms with Crippen LogP contribution in [-0.4, -0.2) is 41.3 Å². The molecule has 1 aromatic rings. The number of hydrogen-bond acceptors (Lipinski definition) is 4. The molecular weight excluding hydrogens is 232 g/mol. The quantitative estimate of drug-likeness (QED) is 0.767. The first-order chi connectivity index (χ1) is 8.58. The number of amides is 2. The first-order valence-corrected chi connectivity index (χ1v) is 5.86. The number of pyridine rings is 1. The second-order valence-electron chi connectivity index (χ2n) is 3.72. The van der Waals surface area contributed by atoms with Gasteiger partial charge in [0.15, 0.2) is 0 Å². The largest absolute Gasteiger partial charge is 0.366 e. The lowest BCUT2D eigenvalue weighted by Gasteiger charge is -2.18. The fourth-order valence-electron chi connectivity index (χ4n) is 1.50. The van der Waals surface area contributed by atoms with Crippen LogP contribution in [-0.2, 0) is 4.79 Å². The minimum Gasteiger partial charge on any atom is -0.366 e. The van der Waals surface area contributed by atoms with Crippen molar-refractivity contribution in [2.45, 2.75) is 13.8 Å². The van der Waals surface area contributed by atoms with Crippen molar-refractivity contribution in [3.8, 4) is 0 Å². The molecule has 6 nitrogen and oxygen atoms in total. The topological polar surface area (TPSA) is 88.3 Å². The first-order valence-electron chi connectivity index (χ1n) is 5.86. The summed E-state index contributed by atoms with van der Waals surface area (Å²) in [6, 6.07) is 3.19. The highest BCUT2D eigenvalue weighted by Gasteiger charge is 2.09. The van der Waals surface area contributed by atoms with Crippen molar-refractivity contribution in [2.75, 3.05) is 25.0 Å². The van der Waals surface area contributed by atoms with Crippen LogP contribution in [0.2, 0.25) is 0 Å². The lowest BCUT2D eigenvalue weighted by atomic mass is 10.3. The standard InChI is InChI=1S/C12H18N4O2/c1-3-16(4-2)11(17)8-15-10-6-5-9(7-14-10)12(13)18/h5-7H,3-4,8H2,1-2H3,(H2,13,18)(H,14,15). The van der Waals surface area contributed by atoms with Gasteiger partial charge in [0.25, 0.3) is 0 Å². The van der Waals surface area contributed by atoms with E-state index in [0.29, 0.717) is 24.5 Å². The van der Waals surface area contributed by atoms with E-state index < -0.39 is 5.91 Å². The Balaban J connectivity index is 2.53. The fraction of sp³-hybridized carbons (Fsp3) is 0.417. The molecule has 1 aromatic heterocycles. The summed E-state index contributed by atoms with van der Waals surface area (Å²) < 4.78 is 0. The Hall–Kier alpha value is -2.11. The van der Waals surface area contributed by atoms with Gasteiger partial charge in [-0.3, -0.25) is 9.59 Å². The van der Waals surface area contributed by atoms with Gasteiger partial charge in [-0.15, -0.1) is 0 Å². The maximum atomic E-state index is 11.7. The summed E-state index contributed by atoms with van der Waals surface area (Å²) in [7, 11) is 0. The Labute approximate surface area is 106 Å². The van der Waals surface area contributed by atoms with Crippen molar-refractivity contribution in [1.29, 1.82) is 0 Å². The number of nitrogens with two attached hydrogens (primary N) is 1. The van der Waals surface area contributed by atoms with Crippen LogP contribution in [0, 0.1) is 0 Å². The smallest absolute Gasteiger partial charge is 0.250 e. The highest BCUT2D eigenvalue weighted by molar-refractivity contribution is 5.92. The van der Waals surface area contributed by atoms with Gasteiger partial charge < -0.3 is 16.0 Å². The number of anilines is 1. The third kappa shape index (κ3) is 3.73. The van der Waals surface area contributed by atoms with E-state index >= 15 is 0 Å². The summed E-state index contributed by atoms with van der Waals surface area (Å²) in [5.41, 5.74) is 5.44. The van der Waals surface area contributed by atoms with Gasteiger partial charge in [0.2, 0.25) is 11.8 Å². The molecule has 0 bridgehead atoms. The predicted molar refractivity (Wildman–Crippen MR) is 69.2 cm³/mol. The van der Waals surface area contributed by atoms with Crippen LogP contribution in [0.3, 0.4) is 0 Å². The van der Waals surface area contributed by atoms with E-state index in [1.54, 1.807) is 17.0 Å². The van der Waals surface area contributed by atoms with Crippen molar-refractivity contribution < 1.29 is 9.59 Å². The van der Waals surface area contributed by atoms with E-state index in [1.165, 1.54) is 6.20 Å². The van der Waals surface area contributed by atoms with Crippen molar-refractivity contribution >= 4 is 17.6 Å². The lowest BCUT2D eigenvalue weighted by Crippen LogP contribution is -2.35. The Morgan fingerprint density at radius 3 is 2.44 bits per heavy atom. The zero-order valence-corrected chi connectivity index (χ0v) is 10.6. The highest BCUT2D eigenvalue weighted by atomic mass is 16.2. The molecule has 0 saturated carbocycles. The van der Waals surface area contributed by atoms with E-state index in [0.717, 1.165) is 0 Å². The van der Waals surface area contributed by atoms with Crippen molar-refractivity contribution in [3.05, 3.63) is 23.9 Å². The van der Waals surface area contributed by atoms with Crippen molar-refractivity contribution in [2.24, 2.45) is 5.73 Å². The predicted octanol–water partition coefficient (Wildman–Crippen LogP) is 0.461. The molecule has 0 aliphatic carbocycles. The molecule has 3 N–H and O–H groups in total. The zero-order chi connectivity index (χ0) is 13.5. The maximum absolute atomic E-state index is 11.7. The van der Waals surface area contributed by atoms with E-state index in [9.17, 15) is 9.59 Å². The summed E-state index contributed by atoms with van der Waals surface area (Å²) in [4.78, 5) is 28.3. The highest BCUT2D eigenvalue weighted by Crippen LogP contribution is 2.04. The summed E-state index contributed by atoms with van der Waals surface area (Å²) in [5.74, 6) is 0.0366. The molecule has 0 radical (unpaired) electrons. The number of nitrogens with zero attached hydrogens (tertiary/aromatic N) is 2. The average Bonchev–Trinajstić information content (AvgIpc) is 2.38. The number of carbonyl (C=O) groups excluding carboxylic acids is 2. The van der Waals surface area contributed by atoms with Crippen molar-refractivity contribution in [1.82, 2.24) is 9.88 Å². The SMILES string of the molecule is CCN(CC)C(=O)CNc1ccc(C(N)=O)cn1. The van der Waals surface area contributed by atoms with Gasteiger partial charge in [0.1, 0.15) is 5.82 Å². The monoisotopic (exact) mass is 250 g/mol. The molecule has 0 spiro atoms. The molecule has 1 rings (SSSR count). The summed E-state index contributed by atoms with van der Waals surface area (Å²) >= 11 is 0. The number of nitrogens with one attached hydrogen (secondary N) is 1.